The number of hydrogen-bond acceptors (Lipinski definition) is 4. The second kappa shape index (κ2) is 12.0. The van der Waals surface area contributed by atoms with E-state index in [0.29, 0.717) is 29.8 Å². The van der Waals surface area contributed by atoms with Crippen LogP contribution in [0.3, 0.4) is 0 Å². The fraction of sp³-hybridized carbons (Fsp3) is 0.514. The third kappa shape index (κ3) is 6.08. The van der Waals surface area contributed by atoms with Gasteiger partial charge >= 0.3 is 6.18 Å². The van der Waals surface area contributed by atoms with Crippen LogP contribution in [0.5, 0.6) is 0 Å². The van der Waals surface area contributed by atoms with Crippen molar-refractivity contribution in [3.63, 3.8) is 0 Å². The first-order chi connectivity index (χ1) is 20.6. The van der Waals surface area contributed by atoms with Gasteiger partial charge in [-0.2, -0.15) is 18.3 Å². The molecule has 0 bridgehead atoms. The van der Waals surface area contributed by atoms with Crippen LogP contribution in [0.2, 0.25) is 0 Å². The molecule has 1 saturated heterocycles. The maximum Gasteiger partial charge on any atom is 0.418 e. The van der Waals surface area contributed by atoms with Crippen LogP contribution in [0.4, 0.5) is 18.9 Å². The average molecular weight is 592 g/mol. The summed E-state index contributed by atoms with van der Waals surface area (Å²) in [6.07, 6.45) is 10.5. The molecule has 43 heavy (non-hydrogen) atoms. The summed E-state index contributed by atoms with van der Waals surface area (Å²) in [7, 11) is 0. The van der Waals surface area contributed by atoms with E-state index in [0.717, 1.165) is 68.7 Å². The molecule has 1 unspecified atom stereocenters. The monoisotopic (exact) mass is 591 g/mol. The Hall–Kier alpha value is -3.26. The summed E-state index contributed by atoms with van der Waals surface area (Å²) in [6, 6.07) is 8.26. The lowest BCUT2D eigenvalue weighted by Gasteiger charge is -2.34. The number of aromatic nitrogens is 2. The van der Waals surface area contributed by atoms with Crippen LogP contribution in [0.1, 0.15) is 81.5 Å². The highest BCUT2D eigenvalue weighted by Crippen LogP contribution is 2.46. The van der Waals surface area contributed by atoms with E-state index in [1.807, 2.05) is 23.2 Å². The first kappa shape index (κ1) is 29.8. The van der Waals surface area contributed by atoms with Crippen molar-refractivity contribution >= 4 is 5.69 Å². The highest BCUT2D eigenvalue weighted by Gasteiger charge is 2.43. The molecule has 0 spiro atoms. The number of piperidine rings is 1. The molecule has 8 heteroatoms. The molecule has 5 nitrogen and oxygen atoms in total. The van der Waals surface area contributed by atoms with E-state index >= 15 is 0 Å². The van der Waals surface area contributed by atoms with Crippen LogP contribution in [0.25, 0.3) is 0 Å². The zero-order valence-electron chi connectivity index (χ0n) is 25.7. The molecule has 1 saturated carbocycles. The minimum absolute atomic E-state index is 0.125. The minimum atomic E-state index is -4.47. The van der Waals surface area contributed by atoms with E-state index in [-0.39, 0.29) is 11.6 Å². The van der Waals surface area contributed by atoms with Crippen molar-refractivity contribution in [3.8, 4) is 0 Å². The van der Waals surface area contributed by atoms with Crippen molar-refractivity contribution in [1.29, 1.82) is 0 Å². The number of likely N-dealkylation sites (tertiary alicyclic amines) is 1. The number of fused-ring (bicyclic) bond motifs is 1. The Bertz CT molecular complexity index is 1440. The Morgan fingerprint density at radius 1 is 1.09 bits per heavy atom. The number of nitrogens with zero attached hydrogens (tertiary/aromatic N) is 5. The smallest absolute Gasteiger partial charge is 0.301 e. The molecule has 0 radical (unpaired) electrons. The molecule has 4 aliphatic rings. The Balaban J connectivity index is 1.31. The predicted octanol–water partition coefficient (Wildman–Crippen LogP) is 8.48. The van der Waals surface area contributed by atoms with E-state index in [4.69, 9.17) is 5.10 Å². The molecular formula is C35H44F3N5. The fourth-order valence-corrected chi connectivity index (χ4v) is 7.12. The summed E-state index contributed by atoms with van der Waals surface area (Å²) in [6.45, 7) is 14.1. The van der Waals surface area contributed by atoms with E-state index in [1.54, 1.807) is 11.1 Å². The van der Waals surface area contributed by atoms with E-state index in [9.17, 15) is 13.2 Å². The normalized spacial score (nSPS) is 22.2. The summed E-state index contributed by atoms with van der Waals surface area (Å²) in [5.41, 5.74) is 4.46. The second-order valence-corrected chi connectivity index (χ2v) is 13.0. The number of rotatable bonds is 9. The zero-order chi connectivity index (χ0) is 30.3. The molecule has 1 aromatic carbocycles. The van der Waals surface area contributed by atoms with E-state index in [2.05, 4.69) is 55.3 Å². The van der Waals surface area contributed by atoms with Crippen molar-refractivity contribution in [2.75, 3.05) is 24.5 Å². The highest BCUT2D eigenvalue weighted by molar-refractivity contribution is 5.64. The van der Waals surface area contributed by atoms with Gasteiger partial charge in [-0.05, 0) is 92.3 Å². The molecule has 0 N–H and O–H groups in total. The molecule has 2 atom stereocenters. The third-order valence-electron chi connectivity index (χ3n) is 9.57. The minimum Gasteiger partial charge on any atom is -0.301 e. The van der Waals surface area contributed by atoms with Gasteiger partial charge < -0.3 is 9.80 Å². The summed E-state index contributed by atoms with van der Waals surface area (Å²) >= 11 is 0. The van der Waals surface area contributed by atoms with Gasteiger partial charge in [0.1, 0.15) is 5.82 Å². The van der Waals surface area contributed by atoms with Gasteiger partial charge in [-0.15, -0.1) is 0 Å². The zero-order valence-corrected chi connectivity index (χ0v) is 25.7. The quantitative estimate of drug-likeness (QED) is 0.292. The van der Waals surface area contributed by atoms with Crippen molar-refractivity contribution < 1.29 is 13.2 Å². The van der Waals surface area contributed by atoms with Gasteiger partial charge in [-0.1, -0.05) is 45.4 Å². The molecule has 4 heterocycles. The molecule has 6 rings (SSSR count). The van der Waals surface area contributed by atoms with Gasteiger partial charge in [0.2, 0.25) is 0 Å². The van der Waals surface area contributed by atoms with E-state index < -0.39 is 11.7 Å². The van der Waals surface area contributed by atoms with Gasteiger partial charge in [0, 0.05) is 49.8 Å². The molecular weight excluding hydrogens is 547 g/mol. The number of anilines is 1. The topological polar surface area (TPSA) is 27.5 Å². The summed E-state index contributed by atoms with van der Waals surface area (Å²) in [5, 5.41) is 5.05. The summed E-state index contributed by atoms with van der Waals surface area (Å²) in [5.74, 6) is 1.73. The van der Waals surface area contributed by atoms with Crippen LogP contribution in [-0.2, 0) is 6.54 Å². The van der Waals surface area contributed by atoms with Crippen molar-refractivity contribution in [2.24, 2.45) is 11.8 Å². The van der Waals surface area contributed by atoms with Crippen LogP contribution < -0.4 is 4.90 Å². The van der Waals surface area contributed by atoms with Crippen LogP contribution >= 0.6 is 0 Å². The van der Waals surface area contributed by atoms with E-state index in [1.165, 1.54) is 24.5 Å². The molecule has 230 valence electrons. The molecule has 2 aromatic rings. The first-order valence-electron chi connectivity index (χ1n) is 16.0. The van der Waals surface area contributed by atoms with Crippen LogP contribution in [0, 0.1) is 18.8 Å². The number of alkyl halides is 3. The number of unbranched alkanes of at least 4 members (excludes halogenated alkanes) is 1. The number of benzene rings is 1. The average Bonchev–Trinajstić information content (AvgIpc) is 3.47. The largest absolute Gasteiger partial charge is 0.418 e. The molecule has 3 aliphatic heterocycles. The number of hydrogen-bond donors (Lipinski definition) is 0. The number of aryl methyl sites for hydroxylation is 2. The summed E-state index contributed by atoms with van der Waals surface area (Å²) < 4.78 is 45.4. The van der Waals surface area contributed by atoms with Gasteiger partial charge in [0.15, 0.2) is 0 Å². The van der Waals surface area contributed by atoms with Crippen LogP contribution in [-0.4, -0.2) is 45.4 Å². The maximum absolute atomic E-state index is 14.4. The number of halogens is 3. The van der Waals surface area contributed by atoms with Crippen molar-refractivity contribution in [2.45, 2.75) is 84.4 Å². The van der Waals surface area contributed by atoms with Crippen molar-refractivity contribution in [1.82, 2.24) is 19.6 Å². The van der Waals surface area contributed by atoms with Gasteiger partial charge in [0.05, 0.1) is 17.0 Å². The van der Waals surface area contributed by atoms with Crippen LogP contribution in [0.15, 0.2) is 78.2 Å². The molecule has 0 amide bonds. The lowest BCUT2D eigenvalue weighted by atomic mass is 9.71. The summed E-state index contributed by atoms with van der Waals surface area (Å²) in [4.78, 5) is 5.71. The fourth-order valence-electron chi connectivity index (χ4n) is 7.12. The number of allylic oxidation sites excluding steroid dienone is 1. The van der Waals surface area contributed by atoms with Crippen molar-refractivity contribution in [3.05, 3.63) is 95.0 Å². The molecule has 1 aliphatic carbocycles. The maximum atomic E-state index is 14.4. The lowest BCUT2D eigenvalue weighted by molar-refractivity contribution is -0.0909. The second-order valence-electron chi connectivity index (χ2n) is 13.0. The highest BCUT2D eigenvalue weighted by atomic mass is 19.4. The molecule has 1 aromatic heterocycles. The lowest BCUT2D eigenvalue weighted by Crippen LogP contribution is -2.36. The third-order valence-corrected chi connectivity index (χ3v) is 9.57. The Labute approximate surface area is 254 Å². The Morgan fingerprint density at radius 2 is 1.91 bits per heavy atom. The van der Waals surface area contributed by atoms with Gasteiger partial charge in [0.25, 0.3) is 0 Å². The Kier molecular flexibility index (Phi) is 8.33. The predicted molar refractivity (Wildman–Crippen MR) is 166 cm³/mol. The van der Waals surface area contributed by atoms with Gasteiger partial charge in [-0.25, -0.2) is 0 Å². The molecule has 2 fully saturated rings. The SMILES string of the molecule is C=C1N2C=C(CN3CCC[C@H](C)C3)C=C(C(F)(F)F)C2=CN1c1cccc(C(c2nn(CCCC)cc2C)C2CCC2)c1. The first-order valence-corrected chi connectivity index (χ1v) is 16.0. The Morgan fingerprint density at radius 3 is 2.60 bits per heavy atom. The standard InChI is InChI=1S/C35H44F3N5/c1-5-6-16-41-20-25(3)34(39-41)33(28-11-7-12-28)29-13-8-14-30(18-29)42-23-32-31(35(36,37)38)17-27(22-43(32)26(42)4)21-40-15-9-10-24(2)19-40/h8,13-14,17-18,20,22-24,28,33H,4-7,9-12,15-16,19,21H2,1-3H3/t24-,33?/m0/s1. The van der Waals surface area contributed by atoms with Gasteiger partial charge in [-0.3, -0.25) is 9.58 Å².